The Balaban J connectivity index is 1.94. The van der Waals surface area contributed by atoms with Crippen molar-refractivity contribution in [2.45, 2.75) is 27.3 Å². The van der Waals surface area contributed by atoms with E-state index in [0.717, 1.165) is 23.7 Å². The first kappa shape index (κ1) is 12.5. The summed E-state index contributed by atoms with van der Waals surface area (Å²) >= 11 is 0. The zero-order valence-electron chi connectivity index (χ0n) is 11.1. The molecule has 2 N–H and O–H groups in total. The number of hydrogen-bond donors (Lipinski definition) is 1. The van der Waals surface area contributed by atoms with E-state index in [0.29, 0.717) is 6.61 Å². The molecule has 1 aromatic heterocycles. The van der Waals surface area contributed by atoms with Gasteiger partial charge < -0.3 is 10.5 Å². The third-order valence-electron chi connectivity index (χ3n) is 3.17. The minimum absolute atomic E-state index is 0.588. The molecule has 0 spiro atoms. The van der Waals surface area contributed by atoms with Crippen molar-refractivity contribution in [3.8, 4) is 5.75 Å². The van der Waals surface area contributed by atoms with Crippen molar-refractivity contribution in [2.24, 2.45) is 0 Å². The third kappa shape index (κ3) is 2.64. The number of aryl methyl sites for hydroxylation is 1. The highest BCUT2D eigenvalue weighted by Gasteiger charge is 2.06. The van der Waals surface area contributed by atoms with Gasteiger partial charge in [-0.05, 0) is 38.5 Å². The molecule has 0 saturated heterocycles. The molecule has 96 valence electrons. The highest BCUT2D eigenvalue weighted by atomic mass is 16.5. The highest BCUT2D eigenvalue weighted by Crippen LogP contribution is 2.15. The summed E-state index contributed by atoms with van der Waals surface area (Å²) in [5.74, 6) is 0.799. The minimum Gasteiger partial charge on any atom is -0.492 e. The number of ether oxygens (including phenoxy) is 1. The van der Waals surface area contributed by atoms with Crippen LogP contribution >= 0.6 is 0 Å². The molecule has 0 aliphatic heterocycles. The predicted octanol–water partition coefficient (Wildman–Crippen LogP) is 2.47. The van der Waals surface area contributed by atoms with Crippen LogP contribution in [0.3, 0.4) is 0 Å². The fourth-order valence-corrected chi connectivity index (χ4v) is 1.86. The van der Waals surface area contributed by atoms with Gasteiger partial charge in [-0.15, -0.1) is 0 Å². The molecule has 2 rings (SSSR count). The molecule has 0 radical (unpaired) electrons. The Morgan fingerprint density at radius 2 is 2.06 bits per heavy atom. The number of nitrogens with zero attached hydrogens (tertiary/aromatic N) is 2. The van der Waals surface area contributed by atoms with E-state index in [-0.39, 0.29) is 0 Å². The lowest BCUT2D eigenvalue weighted by molar-refractivity contribution is 0.289. The van der Waals surface area contributed by atoms with E-state index in [4.69, 9.17) is 10.5 Å². The standard InChI is InChI=1S/C14H19N3O/c1-10-11(2)16-17(12(10)3)7-8-18-14-6-4-5-13(15)9-14/h4-6,9H,7-8,15H2,1-3H3. The summed E-state index contributed by atoms with van der Waals surface area (Å²) < 4.78 is 7.64. The summed E-state index contributed by atoms with van der Waals surface area (Å²) in [6, 6.07) is 7.46. The van der Waals surface area contributed by atoms with Crippen LogP contribution in [-0.4, -0.2) is 16.4 Å². The third-order valence-corrected chi connectivity index (χ3v) is 3.17. The van der Waals surface area contributed by atoms with Gasteiger partial charge in [-0.2, -0.15) is 5.10 Å². The number of anilines is 1. The Labute approximate surface area is 107 Å². The summed E-state index contributed by atoms with van der Waals surface area (Å²) in [5.41, 5.74) is 9.94. The molecule has 0 amide bonds. The van der Waals surface area contributed by atoms with Crippen LogP contribution in [0.25, 0.3) is 0 Å². The SMILES string of the molecule is Cc1nn(CCOc2cccc(N)c2)c(C)c1C. The summed E-state index contributed by atoms with van der Waals surface area (Å²) in [6.45, 7) is 7.53. The Bertz CT molecular complexity index is 546. The number of benzene rings is 1. The average molecular weight is 245 g/mol. The maximum atomic E-state index is 5.69. The molecule has 0 unspecified atom stereocenters. The molecular formula is C14H19N3O. The monoisotopic (exact) mass is 245 g/mol. The van der Waals surface area contributed by atoms with Crippen molar-refractivity contribution < 1.29 is 4.74 Å². The van der Waals surface area contributed by atoms with Gasteiger partial charge in [0, 0.05) is 17.4 Å². The van der Waals surface area contributed by atoms with Crippen LogP contribution in [0.15, 0.2) is 24.3 Å². The van der Waals surface area contributed by atoms with Gasteiger partial charge in [0.15, 0.2) is 0 Å². The number of nitrogen functional groups attached to an aromatic ring is 1. The zero-order chi connectivity index (χ0) is 13.1. The lowest BCUT2D eigenvalue weighted by Crippen LogP contribution is -2.11. The smallest absolute Gasteiger partial charge is 0.121 e. The second-order valence-electron chi connectivity index (χ2n) is 4.44. The molecule has 0 fully saturated rings. The molecule has 4 nitrogen and oxygen atoms in total. The quantitative estimate of drug-likeness (QED) is 0.842. The molecule has 1 aromatic carbocycles. The Morgan fingerprint density at radius 1 is 1.28 bits per heavy atom. The molecule has 4 heteroatoms. The van der Waals surface area contributed by atoms with Crippen molar-refractivity contribution in [3.63, 3.8) is 0 Å². The minimum atomic E-state index is 0.588. The first-order chi connectivity index (χ1) is 8.58. The van der Waals surface area contributed by atoms with Gasteiger partial charge >= 0.3 is 0 Å². The van der Waals surface area contributed by atoms with E-state index in [2.05, 4.69) is 18.9 Å². The maximum absolute atomic E-state index is 5.69. The zero-order valence-corrected chi connectivity index (χ0v) is 11.1. The van der Waals surface area contributed by atoms with Gasteiger partial charge in [0.05, 0.1) is 12.2 Å². The number of hydrogen-bond acceptors (Lipinski definition) is 3. The first-order valence-electron chi connectivity index (χ1n) is 6.07. The maximum Gasteiger partial charge on any atom is 0.121 e. The van der Waals surface area contributed by atoms with E-state index in [9.17, 15) is 0 Å². The van der Waals surface area contributed by atoms with E-state index >= 15 is 0 Å². The van der Waals surface area contributed by atoms with Gasteiger partial charge in [0.25, 0.3) is 0 Å². The van der Waals surface area contributed by atoms with Gasteiger partial charge in [-0.1, -0.05) is 6.07 Å². The van der Waals surface area contributed by atoms with Gasteiger partial charge in [0.1, 0.15) is 12.4 Å². The van der Waals surface area contributed by atoms with Gasteiger partial charge in [-0.3, -0.25) is 4.68 Å². The van der Waals surface area contributed by atoms with Crippen LogP contribution in [0.1, 0.15) is 17.0 Å². The lowest BCUT2D eigenvalue weighted by Gasteiger charge is -2.08. The summed E-state index contributed by atoms with van der Waals surface area (Å²) in [4.78, 5) is 0. The van der Waals surface area contributed by atoms with Crippen LogP contribution < -0.4 is 10.5 Å². The summed E-state index contributed by atoms with van der Waals surface area (Å²) in [7, 11) is 0. The largest absolute Gasteiger partial charge is 0.492 e. The van der Waals surface area contributed by atoms with Crippen LogP contribution in [0.2, 0.25) is 0 Å². The molecule has 2 aromatic rings. The van der Waals surface area contributed by atoms with Crippen LogP contribution in [-0.2, 0) is 6.54 Å². The van der Waals surface area contributed by atoms with Crippen LogP contribution in [0.4, 0.5) is 5.69 Å². The highest BCUT2D eigenvalue weighted by molar-refractivity contribution is 5.43. The summed E-state index contributed by atoms with van der Waals surface area (Å²) in [5, 5.41) is 4.47. The lowest BCUT2D eigenvalue weighted by atomic mass is 10.2. The topological polar surface area (TPSA) is 53.1 Å². The van der Waals surface area contributed by atoms with Crippen molar-refractivity contribution in [2.75, 3.05) is 12.3 Å². The Kier molecular flexibility index (Phi) is 3.55. The van der Waals surface area contributed by atoms with E-state index < -0.39 is 0 Å². The molecule has 0 aliphatic carbocycles. The number of nitrogens with two attached hydrogens (primary N) is 1. The van der Waals surface area contributed by atoms with Gasteiger partial charge in [0.2, 0.25) is 0 Å². The van der Waals surface area contributed by atoms with Crippen molar-refractivity contribution in [1.82, 2.24) is 9.78 Å². The Hall–Kier alpha value is -1.97. The van der Waals surface area contributed by atoms with E-state index in [1.54, 1.807) is 0 Å². The fourth-order valence-electron chi connectivity index (χ4n) is 1.86. The van der Waals surface area contributed by atoms with E-state index in [1.165, 1.54) is 11.3 Å². The normalized spacial score (nSPS) is 10.6. The second kappa shape index (κ2) is 5.12. The summed E-state index contributed by atoms with van der Waals surface area (Å²) in [6.07, 6.45) is 0. The molecule has 0 saturated carbocycles. The van der Waals surface area contributed by atoms with E-state index in [1.807, 2.05) is 35.9 Å². The average Bonchev–Trinajstić information content (AvgIpc) is 2.57. The molecular weight excluding hydrogens is 226 g/mol. The molecule has 18 heavy (non-hydrogen) atoms. The first-order valence-corrected chi connectivity index (χ1v) is 6.07. The van der Waals surface area contributed by atoms with Gasteiger partial charge in [-0.25, -0.2) is 0 Å². The van der Waals surface area contributed by atoms with Crippen molar-refractivity contribution >= 4 is 5.69 Å². The molecule has 0 atom stereocenters. The second-order valence-corrected chi connectivity index (χ2v) is 4.44. The molecule has 0 bridgehead atoms. The van der Waals surface area contributed by atoms with Crippen molar-refractivity contribution in [1.29, 1.82) is 0 Å². The fraction of sp³-hybridized carbons (Fsp3) is 0.357. The number of rotatable bonds is 4. The van der Waals surface area contributed by atoms with Crippen molar-refractivity contribution in [3.05, 3.63) is 41.2 Å². The Morgan fingerprint density at radius 3 is 2.67 bits per heavy atom. The predicted molar refractivity (Wildman–Crippen MR) is 72.8 cm³/mol. The number of aromatic nitrogens is 2. The molecule has 0 aliphatic rings. The van der Waals surface area contributed by atoms with Crippen LogP contribution in [0, 0.1) is 20.8 Å². The van der Waals surface area contributed by atoms with Crippen LogP contribution in [0.5, 0.6) is 5.75 Å². The molecule has 1 heterocycles.